The van der Waals surface area contributed by atoms with Crippen LogP contribution in [0.3, 0.4) is 0 Å². The SMILES string of the molecule is Cc1ccccc1OCc1ccc(C(=O)NCCc2c[nH]c3ccc(F)cc23)o1. The quantitative estimate of drug-likeness (QED) is 0.477. The molecule has 0 fully saturated rings. The number of H-pyrrole nitrogens is 1. The van der Waals surface area contributed by atoms with E-state index < -0.39 is 0 Å². The number of furan rings is 1. The van der Waals surface area contributed by atoms with Crippen LogP contribution < -0.4 is 10.1 Å². The number of ether oxygens (including phenoxy) is 1. The van der Waals surface area contributed by atoms with E-state index in [2.05, 4.69) is 10.3 Å². The molecule has 148 valence electrons. The van der Waals surface area contributed by atoms with Gasteiger partial charge in [0.1, 0.15) is 23.9 Å². The van der Waals surface area contributed by atoms with Crippen LogP contribution >= 0.6 is 0 Å². The summed E-state index contributed by atoms with van der Waals surface area (Å²) in [5, 5.41) is 3.66. The maximum atomic E-state index is 13.5. The molecule has 0 unspecified atom stereocenters. The molecule has 0 atom stereocenters. The molecule has 0 bridgehead atoms. The van der Waals surface area contributed by atoms with E-state index in [-0.39, 0.29) is 24.1 Å². The zero-order valence-electron chi connectivity index (χ0n) is 16.0. The Bertz CT molecular complexity index is 1150. The van der Waals surface area contributed by atoms with Crippen LogP contribution in [-0.4, -0.2) is 17.4 Å². The van der Waals surface area contributed by atoms with E-state index in [1.54, 1.807) is 18.2 Å². The minimum atomic E-state index is -0.293. The van der Waals surface area contributed by atoms with Gasteiger partial charge in [0.2, 0.25) is 0 Å². The Kier molecular flexibility index (Phi) is 5.33. The number of fused-ring (bicyclic) bond motifs is 1. The summed E-state index contributed by atoms with van der Waals surface area (Å²) in [4.78, 5) is 15.4. The van der Waals surface area contributed by atoms with E-state index in [4.69, 9.17) is 9.15 Å². The van der Waals surface area contributed by atoms with Crippen molar-refractivity contribution in [2.24, 2.45) is 0 Å². The van der Waals surface area contributed by atoms with Crippen molar-refractivity contribution in [3.8, 4) is 5.75 Å². The minimum Gasteiger partial charge on any atom is -0.485 e. The van der Waals surface area contributed by atoms with E-state index in [9.17, 15) is 9.18 Å². The van der Waals surface area contributed by atoms with Gasteiger partial charge in [-0.3, -0.25) is 4.79 Å². The predicted octanol–water partition coefficient (Wildman–Crippen LogP) is 4.76. The molecule has 0 aliphatic heterocycles. The van der Waals surface area contributed by atoms with Crippen molar-refractivity contribution >= 4 is 16.8 Å². The summed E-state index contributed by atoms with van der Waals surface area (Å²) in [5.41, 5.74) is 2.86. The molecule has 2 N–H and O–H groups in total. The molecule has 0 aliphatic carbocycles. The van der Waals surface area contributed by atoms with Crippen LogP contribution in [-0.2, 0) is 13.0 Å². The molecule has 29 heavy (non-hydrogen) atoms. The second kappa shape index (κ2) is 8.22. The molecule has 2 aromatic heterocycles. The van der Waals surface area contributed by atoms with Gasteiger partial charge in [-0.15, -0.1) is 0 Å². The van der Waals surface area contributed by atoms with E-state index in [1.165, 1.54) is 12.1 Å². The number of benzene rings is 2. The van der Waals surface area contributed by atoms with E-state index in [0.717, 1.165) is 27.8 Å². The van der Waals surface area contributed by atoms with Gasteiger partial charge in [0, 0.05) is 23.6 Å². The van der Waals surface area contributed by atoms with Crippen LogP contribution in [0.5, 0.6) is 5.75 Å². The molecule has 0 aliphatic rings. The summed E-state index contributed by atoms with van der Waals surface area (Å²) < 4.78 is 24.8. The summed E-state index contributed by atoms with van der Waals surface area (Å²) in [5.74, 6) is 1.02. The Morgan fingerprint density at radius 2 is 2.03 bits per heavy atom. The first kappa shape index (κ1) is 18.8. The molecule has 4 rings (SSSR count). The minimum absolute atomic E-state index is 0.235. The van der Waals surface area contributed by atoms with Crippen LogP contribution in [0, 0.1) is 12.7 Å². The Balaban J connectivity index is 1.31. The van der Waals surface area contributed by atoms with Gasteiger partial charge in [0.15, 0.2) is 5.76 Å². The molecule has 0 spiro atoms. The number of para-hydroxylation sites is 1. The molecule has 4 aromatic rings. The first-order valence-electron chi connectivity index (χ1n) is 9.41. The zero-order chi connectivity index (χ0) is 20.2. The lowest BCUT2D eigenvalue weighted by Gasteiger charge is -2.07. The monoisotopic (exact) mass is 392 g/mol. The van der Waals surface area contributed by atoms with Gasteiger partial charge < -0.3 is 19.5 Å². The molecular formula is C23H21FN2O3. The number of aromatic amines is 1. The number of halogens is 1. The molecule has 2 aromatic carbocycles. The van der Waals surface area contributed by atoms with Gasteiger partial charge >= 0.3 is 0 Å². The third-order valence-electron chi connectivity index (χ3n) is 4.76. The van der Waals surface area contributed by atoms with Crippen molar-refractivity contribution in [3.05, 3.63) is 89.3 Å². The molecule has 0 saturated heterocycles. The number of rotatable bonds is 7. The van der Waals surface area contributed by atoms with Crippen molar-refractivity contribution in [1.82, 2.24) is 10.3 Å². The molecule has 0 saturated carbocycles. The topological polar surface area (TPSA) is 67.3 Å². The largest absolute Gasteiger partial charge is 0.485 e. The summed E-state index contributed by atoms with van der Waals surface area (Å²) in [6, 6.07) is 15.7. The first-order chi connectivity index (χ1) is 14.1. The van der Waals surface area contributed by atoms with Crippen molar-refractivity contribution in [2.75, 3.05) is 6.54 Å². The highest BCUT2D eigenvalue weighted by molar-refractivity contribution is 5.91. The van der Waals surface area contributed by atoms with Crippen molar-refractivity contribution < 1.29 is 18.3 Å². The number of aryl methyl sites for hydroxylation is 1. The van der Waals surface area contributed by atoms with E-state index in [1.807, 2.05) is 37.4 Å². The fraction of sp³-hybridized carbons (Fsp3) is 0.174. The molecular weight excluding hydrogens is 371 g/mol. The summed E-state index contributed by atoms with van der Waals surface area (Å²) in [6.07, 6.45) is 2.42. The second-order valence-electron chi connectivity index (χ2n) is 6.83. The highest BCUT2D eigenvalue weighted by Crippen LogP contribution is 2.20. The van der Waals surface area contributed by atoms with Crippen LogP contribution in [0.15, 0.2) is 65.2 Å². The number of carbonyl (C=O) groups excluding carboxylic acids is 1. The van der Waals surface area contributed by atoms with Crippen molar-refractivity contribution in [3.63, 3.8) is 0 Å². The Labute approximate surface area is 167 Å². The standard InChI is InChI=1S/C23H21FN2O3/c1-15-4-2-3-5-21(15)28-14-18-7-9-22(29-18)23(27)25-11-10-16-13-26-20-8-6-17(24)12-19(16)20/h2-9,12-13,26H,10-11,14H2,1H3,(H,25,27). The van der Waals surface area contributed by atoms with Crippen molar-refractivity contribution in [1.29, 1.82) is 0 Å². The Morgan fingerprint density at radius 1 is 1.17 bits per heavy atom. The smallest absolute Gasteiger partial charge is 0.287 e. The lowest BCUT2D eigenvalue weighted by atomic mass is 10.1. The molecule has 5 nitrogen and oxygen atoms in total. The summed E-state index contributed by atoms with van der Waals surface area (Å²) >= 11 is 0. The van der Waals surface area contributed by atoms with Crippen LogP contribution in [0.25, 0.3) is 10.9 Å². The Morgan fingerprint density at radius 3 is 2.90 bits per heavy atom. The number of nitrogens with one attached hydrogen (secondary N) is 2. The van der Waals surface area contributed by atoms with Gasteiger partial charge in [0.05, 0.1) is 0 Å². The number of hydrogen-bond acceptors (Lipinski definition) is 3. The average molecular weight is 392 g/mol. The summed E-state index contributed by atoms with van der Waals surface area (Å²) in [7, 11) is 0. The highest BCUT2D eigenvalue weighted by Gasteiger charge is 2.12. The molecule has 0 radical (unpaired) electrons. The first-order valence-corrected chi connectivity index (χ1v) is 9.41. The fourth-order valence-electron chi connectivity index (χ4n) is 3.20. The van der Waals surface area contributed by atoms with Gasteiger partial charge in [-0.05, 0) is 60.9 Å². The van der Waals surface area contributed by atoms with E-state index in [0.29, 0.717) is 18.7 Å². The number of amides is 1. The third-order valence-corrected chi connectivity index (χ3v) is 4.76. The van der Waals surface area contributed by atoms with Crippen LogP contribution in [0.4, 0.5) is 4.39 Å². The Hall–Kier alpha value is -3.54. The van der Waals surface area contributed by atoms with Gasteiger partial charge in [-0.2, -0.15) is 0 Å². The lowest BCUT2D eigenvalue weighted by molar-refractivity contribution is 0.0922. The van der Waals surface area contributed by atoms with Gasteiger partial charge in [0.25, 0.3) is 5.91 Å². The maximum absolute atomic E-state index is 13.5. The average Bonchev–Trinajstić information content (AvgIpc) is 3.34. The maximum Gasteiger partial charge on any atom is 0.287 e. The van der Waals surface area contributed by atoms with Gasteiger partial charge in [-0.1, -0.05) is 18.2 Å². The third kappa shape index (κ3) is 4.32. The highest BCUT2D eigenvalue weighted by atomic mass is 19.1. The second-order valence-corrected chi connectivity index (χ2v) is 6.83. The molecule has 6 heteroatoms. The number of carbonyl (C=O) groups is 1. The van der Waals surface area contributed by atoms with Crippen molar-refractivity contribution in [2.45, 2.75) is 20.0 Å². The van der Waals surface area contributed by atoms with Crippen LogP contribution in [0.1, 0.15) is 27.4 Å². The fourth-order valence-corrected chi connectivity index (χ4v) is 3.20. The zero-order valence-corrected chi connectivity index (χ0v) is 16.0. The summed E-state index contributed by atoms with van der Waals surface area (Å²) in [6.45, 7) is 2.63. The van der Waals surface area contributed by atoms with Gasteiger partial charge in [-0.25, -0.2) is 4.39 Å². The number of hydrogen-bond donors (Lipinski definition) is 2. The molecule has 2 heterocycles. The molecule has 1 amide bonds. The van der Waals surface area contributed by atoms with E-state index >= 15 is 0 Å². The lowest BCUT2D eigenvalue weighted by Crippen LogP contribution is -2.25. The normalized spacial score (nSPS) is 11.0. The number of aromatic nitrogens is 1. The predicted molar refractivity (Wildman–Crippen MR) is 109 cm³/mol. The van der Waals surface area contributed by atoms with Crippen LogP contribution in [0.2, 0.25) is 0 Å².